The molecule has 2 aromatic heterocycles. The minimum absolute atomic E-state index is 0.906. The third kappa shape index (κ3) is 4.66. The number of hydrogen-bond acceptors (Lipinski definition) is 2. The third-order valence-electron chi connectivity index (χ3n) is 16.7. The van der Waals surface area contributed by atoms with E-state index in [4.69, 9.17) is 8.83 Å². The van der Waals surface area contributed by atoms with Crippen molar-refractivity contribution in [3.05, 3.63) is 218 Å². The van der Waals surface area contributed by atoms with Gasteiger partial charge in [-0.3, -0.25) is 0 Å². The van der Waals surface area contributed by atoms with E-state index in [-0.39, 0.29) is 0 Å². The fourth-order valence-corrected chi connectivity index (χ4v) is 13.5. The van der Waals surface area contributed by atoms with Crippen molar-refractivity contribution in [3.63, 3.8) is 0 Å². The Bertz CT molecular complexity index is 4880. The number of para-hydroxylation sites is 2. The van der Waals surface area contributed by atoms with Crippen LogP contribution in [0.1, 0.15) is 0 Å². The molecule has 0 radical (unpaired) electrons. The van der Waals surface area contributed by atoms with Crippen molar-refractivity contribution < 1.29 is 8.83 Å². The van der Waals surface area contributed by atoms with E-state index in [2.05, 4.69) is 218 Å². The van der Waals surface area contributed by atoms with Gasteiger partial charge in [-0.25, -0.2) is 0 Å². The molecule has 16 aromatic rings. The standard InChI is InChI=1S/C70H36O2/c1-3-17-41-37(11-1)27-29-51-47-23-9-25-49(69(47)71-67(41)51)57-35-63-62-34-56-46-22-8-16-40-14-6-20-44(66(40)46)54(56)32-60(62)58(50-26-10-24-48-52-30-28-38-12-2-4-18-42(38)68(52)72-70(48)50)36-64(63)61-33-55-45-21-7-15-39-13-5-19-43(65(39)45)53(55)31-59(57)61/h1-36H. The first-order chi connectivity index (χ1) is 35.7. The monoisotopic (exact) mass is 908 g/mol. The van der Waals surface area contributed by atoms with Gasteiger partial charge < -0.3 is 8.83 Å². The number of fused-ring (bicyclic) bond motifs is 21. The van der Waals surface area contributed by atoms with Crippen LogP contribution < -0.4 is 0 Å². The highest BCUT2D eigenvalue weighted by Gasteiger charge is 2.28. The summed E-state index contributed by atoms with van der Waals surface area (Å²) in [4.78, 5) is 0. The molecule has 2 aliphatic rings. The van der Waals surface area contributed by atoms with Gasteiger partial charge in [0, 0.05) is 43.4 Å². The predicted octanol–water partition coefficient (Wildman–Crippen LogP) is 20.2. The van der Waals surface area contributed by atoms with E-state index < -0.39 is 0 Å². The van der Waals surface area contributed by atoms with Crippen molar-refractivity contribution in [2.75, 3.05) is 0 Å². The van der Waals surface area contributed by atoms with Crippen LogP contribution in [0, 0.1) is 0 Å². The largest absolute Gasteiger partial charge is 0.455 e. The van der Waals surface area contributed by atoms with Crippen molar-refractivity contribution in [2.45, 2.75) is 0 Å². The number of rotatable bonds is 2. The molecule has 18 rings (SSSR count). The van der Waals surface area contributed by atoms with E-state index in [9.17, 15) is 0 Å². The van der Waals surface area contributed by atoms with Gasteiger partial charge in [-0.15, -0.1) is 0 Å². The van der Waals surface area contributed by atoms with Crippen molar-refractivity contribution in [1.29, 1.82) is 0 Å². The first-order valence-corrected chi connectivity index (χ1v) is 25.0. The normalized spacial score (nSPS) is 12.7. The van der Waals surface area contributed by atoms with E-state index in [1.54, 1.807) is 0 Å². The summed E-state index contributed by atoms with van der Waals surface area (Å²) in [6.45, 7) is 0. The molecule has 0 bridgehead atoms. The predicted molar refractivity (Wildman–Crippen MR) is 303 cm³/mol. The Morgan fingerprint density at radius 1 is 0.167 bits per heavy atom. The highest BCUT2D eigenvalue weighted by Crippen LogP contribution is 2.55. The summed E-state index contributed by atoms with van der Waals surface area (Å²) in [5, 5.41) is 21.5. The van der Waals surface area contributed by atoms with Crippen LogP contribution in [0.15, 0.2) is 227 Å². The Kier molecular flexibility index (Phi) is 6.87. The van der Waals surface area contributed by atoms with Crippen LogP contribution in [0.5, 0.6) is 0 Å². The van der Waals surface area contributed by atoms with Gasteiger partial charge in [0.1, 0.15) is 22.3 Å². The van der Waals surface area contributed by atoms with Crippen molar-refractivity contribution in [2.24, 2.45) is 0 Å². The lowest BCUT2D eigenvalue weighted by Gasteiger charge is -2.19. The molecule has 2 nitrogen and oxygen atoms in total. The van der Waals surface area contributed by atoms with Crippen LogP contribution in [0.25, 0.3) is 186 Å². The molecule has 14 aromatic carbocycles. The molecule has 0 N–H and O–H groups in total. The Hall–Kier alpha value is -9.50. The Morgan fingerprint density at radius 3 is 0.903 bits per heavy atom. The maximum absolute atomic E-state index is 7.18. The lowest BCUT2D eigenvalue weighted by molar-refractivity contribution is 0.673. The van der Waals surface area contributed by atoms with Crippen LogP contribution in [0.4, 0.5) is 0 Å². The zero-order valence-corrected chi connectivity index (χ0v) is 38.6. The van der Waals surface area contributed by atoms with Crippen LogP contribution in [-0.4, -0.2) is 0 Å². The van der Waals surface area contributed by atoms with Crippen LogP contribution in [-0.2, 0) is 0 Å². The SMILES string of the molecule is c1cc2c3c(cccc3c1)-c1cc3c(cc1-2)c(-c1cccc2c1oc1c4ccccc4ccc21)cc1c2cc4c(cc2c(-c2cccc5c2oc2c6ccccc6ccc52)cc31)-c1cccc2cccc-4c12. The smallest absolute Gasteiger partial charge is 0.143 e. The van der Waals surface area contributed by atoms with E-state index in [1.165, 1.54) is 109 Å². The second-order valence-electron chi connectivity index (χ2n) is 20.1. The number of hydrogen-bond donors (Lipinski definition) is 0. The molecule has 2 heteroatoms. The summed E-state index contributed by atoms with van der Waals surface area (Å²) in [7, 11) is 0. The Balaban J connectivity index is 1.03. The molecule has 0 saturated carbocycles. The lowest BCUT2D eigenvalue weighted by atomic mass is 9.84. The maximum Gasteiger partial charge on any atom is 0.143 e. The molecule has 0 amide bonds. The van der Waals surface area contributed by atoms with E-state index in [0.29, 0.717) is 0 Å². The van der Waals surface area contributed by atoms with Gasteiger partial charge in [-0.2, -0.15) is 0 Å². The molecule has 328 valence electrons. The van der Waals surface area contributed by atoms with Gasteiger partial charge in [0.05, 0.1) is 0 Å². The second kappa shape index (κ2) is 13.2. The molecule has 0 aliphatic heterocycles. The molecule has 0 fully saturated rings. The molecule has 0 unspecified atom stereocenters. The molecule has 0 atom stereocenters. The topological polar surface area (TPSA) is 26.3 Å². The maximum atomic E-state index is 7.18. The molecule has 2 aliphatic carbocycles. The van der Waals surface area contributed by atoms with Gasteiger partial charge in [-0.1, -0.05) is 170 Å². The fraction of sp³-hybridized carbons (Fsp3) is 0. The van der Waals surface area contributed by atoms with Crippen molar-refractivity contribution >= 4 is 119 Å². The summed E-state index contributed by atoms with van der Waals surface area (Å²) in [6.07, 6.45) is 0. The average molecular weight is 909 g/mol. The van der Waals surface area contributed by atoms with Gasteiger partial charge in [-0.05, 0) is 169 Å². The highest BCUT2D eigenvalue weighted by atomic mass is 16.3. The third-order valence-corrected chi connectivity index (χ3v) is 16.7. The van der Waals surface area contributed by atoms with Gasteiger partial charge >= 0.3 is 0 Å². The van der Waals surface area contributed by atoms with E-state index in [0.717, 1.165) is 76.9 Å². The molecule has 72 heavy (non-hydrogen) atoms. The summed E-state index contributed by atoms with van der Waals surface area (Å²) in [5.41, 5.74) is 18.4. The van der Waals surface area contributed by atoms with Gasteiger partial charge in [0.25, 0.3) is 0 Å². The molecular weight excluding hydrogens is 873 g/mol. The quantitative estimate of drug-likeness (QED) is 0.162. The van der Waals surface area contributed by atoms with Crippen LogP contribution in [0.2, 0.25) is 0 Å². The minimum atomic E-state index is 0.906. The zero-order chi connectivity index (χ0) is 46.5. The van der Waals surface area contributed by atoms with Crippen LogP contribution in [0.3, 0.4) is 0 Å². The highest BCUT2D eigenvalue weighted by molar-refractivity contribution is 6.31. The summed E-state index contributed by atoms with van der Waals surface area (Å²) >= 11 is 0. The minimum Gasteiger partial charge on any atom is -0.455 e. The second-order valence-corrected chi connectivity index (χ2v) is 20.1. The van der Waals surface area contributed by atoms with Crippen molar-refractivity contribution in [3.8, 4) is 66.8 Å². The van der Waals surface area contributed by atoms with Gasteiger partial charge in [0.2, 0.25) is 0 Å². The molecule has 0 saturated heterocycles. The first kappa shape index (κ1) is 37.4. The summed E-state index contributed by atoms with van der Waals surface area (Å²) in [6, 6.07) is 81.5. The Labute approximate surface area is 411 Å². The van der Waals surface area contributed by atoms with Crippen molar-refractivity contribution in [1.82, 2.24) is 0 Å². The summed E-state index contributed by atoms with van der Waals surface area (Å²) < 4.78 is 14.4. The zero-order valence-electron chi connectivity index (χ0n) is 38.6. The Morgan fingerprint density at radius 2 is 0.472 bits per heavy atom. The number of furan rings is 2. The molecule has 0 spiro atoms. The van der Waals surface area contributed by atoms with E-state index >= 15 is 0 Å². The van der Waals surface area contributed by atoms with Gasteiger partial charge in [0.15, 0.2) is 0 Å². The molecule has 2 heterocycles. The number of benzene rings is 14. The lowest BCUT2D eigenvalue weighted by Crippen LogP contribution is -1.92. The summed E-state index contributed by atoms with van der Waals surface area (Å²) in [5.74, 6) is 0. The fourth-order valence-electron chi connectivity index (χ4n) is 13.5. The first-order valence-electron chi connectivity index (χ1n) is 25.0. The van der Waals surface area contributed by atoms with Crippen LogP contribution >= 0.6 is 0 Å². The van der Waals surface area contributed by atoms with E-state index in [1.807, 2.05) is 0 Å². The average Bonchev–Trinajstić information content (AvgIpc) is 4.20. The molecular formula is C70H36O2.